The van der Waals surface area contributed by atoms with Crippen molar-refractivity contribution in [1.82, 2.24) is 9.21 Å². The molecule has 12 heteroatoms. The molecule has 2 amide bonds. The fourth-order valence-electron chi connectivity index (χ4n) is 2.93. The van der Waals surface area contributed by atoms with E-state index in [9.17, 15) is 28.1 Å². The number of nitrogens with one attached hydrogen (secondary N) is 1. The number of nitro groups is 1. The van der Waals surface area contributed by atoms with Crippen molar-refractivity contribution in [2.75, 3.05) is 39.1 Å². The first-order valence-electron chi connectivity index (χ1n) is 10.0. The van der Waals surface area contributed by atoms with Gasteiger partial charge in [0.2, 0.25) is 10.0 Å². The maximum Gasteiger partial charge on any atom is 0.312 e. The second kappa shape index (κ2) is 10.9. The van der Waals surface area contributed by atoms with Gasteiger partial charge in [-0.2, -0.15) is 4.31 Å². The highest BCUT2D eigenvalue weighted by Gasteiger charge is 2.26. The molecule has 0 heterocycles. The van der Waals surface area contributed by atoms with Crippen LogP contribution in [-0.2, 0) is 14.8 Å². The molecular weight excluding hydrogens is 452 g/mol. The maximum atomic E-state index is 12.6. The van der Waals surface area contributed by atoms with Crippen LogP contribution in [0.4, 0.5) is 11.4 Å². The van der Waals surface area contributed by atoms with Crippen molar-refractivity contribution in [2.45, 2.75) is 18.7 Å². The molecule has 0 spiro atoms. The van der Waals surface area contributed by atoms with Crippen LogP contribution in [0, 0.1) is 10.1 Å². The average Bonchev–Trinajstić information content (AvgIpc) is 2.78. The number of ether oxygens (including phenoxy) is 1. The molecule has 0 saturated carbocycles. The number of sulfonamides is 1. The van der Waals surface area contributed by atoms with Crippen LogP contribution in [0.5, 0.6) is 5.75 Å². The van der Waals surface area contributed by atoms with Crippen molar-refractivity contribution in [2.24, 2.45) is 0 Å². The molecule has 2 rings (SSSR count). The third-order valence-corrected chi connectivity index (χ3v) is 6.70. The Hall–Kier alpha value is -3.51. The van der Waals surface area contributed by atoms with Crippen molar-refractivity contribution in [3.05, 3.63) is 58.1 Å². The van der Waals surface area contributed by atoms with Crippen LogP contribution in [0.15, 0.2) is 47.4 Å². The van der Waals surface area contributed by atoms with E-state index in [1.54, 1.807) is 52.2 Å². The number of carbonyl (C=O) groups is 2. The number of hydrogen-bond donors (Lipinski definition) is 1. The Morgan fingerprint density at radius 2 is 1.67 bits per heavy atom. The zero-order chi connectivity index (χ0) is 24.8. The van der Waals surface area contributed by atoms with Gasteiger partial charge in [-0.3, -0.25) is 19.7 Å². The predicted molar refractivity (Wildman–Crippen MR) is 122 cm³/mol. The topological polar surface area (TPSA) is 139 Å². The van der Waals surface area contributed by atoms with Gasteiger partial charge in [0.05, 0.1) is 9.82 Å². The van der Waals surface area contributed by atoms with Gasteiger partial charge >= 0.3 is 5.69 Å². The molecular formula is C21H26N4O7S. The van der Waals surface area contributed by atoms with Gasteiger partial charge in [-0.05, 0) is 36.4 Å². The van der Waals surface area contributed by atoms with Gasteiger partial charge in [-0.25, -0.2) is 8.42 Å². The molecule has 2 aromatic carbocycles. The summed E-state index contributed by atoms with van der Waals surface area (Å²) in [6.07, 6.45) is 0. The van der Waals surface area contributed by atoms with Crippen LogP contribution in [0.3, 0.4) is 0 Å². The highest BCUT2D eigenvalue weighted by molar-refractivity contribution is 7.89. The number of carbonyl (C=O) groups excluding carboxylic acids is 2. The van der Waals surface area contributed by atoms with Gasteiger partial charge in [0.15, 0.2) is 12.4 Å². The summed E-state index contributed by atoms with van der Waals surface area (Å²) in [5.41, 5.74) is 0.293. The van der Waals surface area contributed by atoms with E-state index in [4.69, 9.17) is 4.74 Å². The van der Waals surface area contributed by atoms with Crippen molar-refractivity contribution < 1.29 is 27.7 Å². The van der Waals surface area contributed by atoms with Gasteiger partial charge in [-0.15, -0.1) is 0 Å². The summed E-state index contributed by atoms with van der Waals surface area (Å²) in [4.78, 5) is 36.0. The van der Waals surface area contributed by atoms with E-state index in [1.165, 1.54) is 15.3 Å². The minimum absolute atomic E-state index is 0.185. The molecule has 178 valence electrons. The first-order chi connectivity index (χ1) is 15.5. The van der Waals surface area contributed by atoms with E-state index < -0.39 is 33.1 Å². The van der Waals surface area contributed by atoms with E-state index in [0.717, 1.165) is 12.1 Å². The molecule has 0 unspecified atom stereocenters. The second-order valence-corrected chi connectivity index (χ2v) is 9.03. The van der Waals surface area contributed by atoms with Crippen LogP contribution < -0.4 is 10.1 Å². The van der Waals surface area contributed by atoms with Crippen LogP contribution >= 0.6 is 0 Å². The lowest BCUT2D eigenvalue weighted by atomic mass is 10.2. The molecule has 1 N–H and O–H groups in total. The number of benzene rings is 2. The first kappa shape index (κ1) is 25.7. The van der Waals surface area contributed by atoms with Gasteiger partial charge in [0.1, 0.15) is 0 Å². The summed E-state index contributed by atoms with van der Waals surface area (Å²) in [5.74, 6) is -1.01. The van der Waals surface area contributed by atoms with Crippen molar-refractivity contribution in [3.63, 3.8) is 0 Å². The third kappa shape index (κ3) is 6.26. The molecule has 0 aliphatic rings. The Bertz CT molecular complexity index is 1130. The van der Waals surface area contributed by atoms with E-state index in [-0.39, 0.29) is 29.6 Å². The Kier molecular flexibility index (Phi) is 8.49. The minimum atomic E-state index is -3.89. The fourth-order valence-corrected chi connectivity index (χ4v) is 4.41. The van der Waals surface area contributed by atoms with Crippen LogP contribution in [0.1, 0.15) is 24.2 Å². The lowest BCUT2D eigenvalue weighted by Gasteiger charge is -2.18. The van der Waals surface area contributed by atoms with Gasteiger partial charge in [0, 0.05) is 44.5 Å². The standard InChI is InChI=1S/C21H26N4O7S/c1-5-24(6-2)33(30,31)17-11-12-19(18(13-17)25(28)29)32-14-20(26)22-16-9-7-15(8-10-16)21(27)23(3)4/h7-13H,5-6,14H2,1-4H3,(H,22,26). The molecule has 0 radical (unpaired) electrons. The maximum absolute atomic E-state index is 12.6. The molecule has 0 aliphatic heterocycles. The summed E-state index contributed by atoms with van der Waals surface area (Å²) in [6.45, 7) is 3.23. The number of amides is 2. The van der Waals surface area contributed by atoms with Crippen LogP contribution in [-0.4, -0.2) is 68.2 Å². The van der Waals surface area contributed by atoms with Gasteiger partial charge in [0.25, 0.3) is 11.8 Å². The van der Waals surface area contributed by atoms with E-state index in [0.29, 0.717) is 11.3 Å². The predicted octanol–water partition coefficient (Wildman–Crippen LogP) is 2.34. The SMILES string of the molecule is CCN(CC)S(=O)(=O)c1ccc(OCC(=O)Nc2ccc(C(=O)N(C)C)cc2)c([N+](=O)[O-])c1. The Morgan fingerprint density at radius 3 is 2.18 bits per heavy atom. The highest BCUT2D eigenvalue weighted by atomic mass is 32.2. The van der Waals surface area contributed by atoms with Gasteiger partial charge in [-0.1, -0.05) is 13.8 Å². The zero-order valence-corrected chi connectivity index (χ0v) is 19.6. The Labute approximate surface area is 192 Å². The molecule has 11 nitrogen and oxygen atoms in total. The van der Waals surface area contributed by atoms with E-state index in [2.05, 4.69) is 5.32 Å². The smallest absolute Gasteiger partial charge is 0.312 e. The molecule has 2 aromatic rings. The first-order valence-corrected chi connectivity index (χ1v) is 11.5. The second-order valence-electron chi connectivity index (χ2n) is 7.09. The summed E-state index contributed by atoms with van der Waals surface area (Å²) < 4.78 is 31.7. The summed E-state index contributed by atoms with van der Waals surface area (Å²) >= 11 is 0. The number of hydrogen-bond acceptors (Lipinski definition) is 7. The molecule has 0 saturated heterocycles. The van der Waals surface area contributed by atoms with Gasteiger partial charge < -0.3 is 15.0 Å². The summed E-state index contributed by atoms with van der Waals surface area (Å²) in [6, 6.07) is 9.48. The van der Waals surface area contributed by atoms with Crippen LogP contribution in [0.2, 0.25) is 0 Å². The van der Waals surface area contributed by atoms with E-state index in [1.807, 2.05) is 0 Å². The molecule has 0 aliphatic carbocycles. The normalized spacial score (nSPS) is 11.2. The number of nitrogens with zero attached hydrogens (tertiary/aromatic N) is 3. The summed E-state index contributed by atoms with van der Waals surface area (Å²) in [7, 11) is -0.644. The molecule has 0 bridgehead atoms. The van der Waals surface area contributed by atoms with Crippen molar-refractivity contribution in [1.29, 1.82) is 0 Å². The largest absolute Gasteiger partial charge is 0.477 e. The Morgan fingerprint density at radius 1 is 1.06 bits per heavy atom. The van der Waals surface area contributed by atoms with Crippen molar-refractivity contribution >= 4 is 33.2 Å². The third-order valence-electron chi connectivity index (χ3n) is 4.65. The number of anilines is 1. The van der Waals surface area contributed by atoms with E-state index >= 15 is 0 Å². The molecule has 33 heavy (non-hydrogen) atoms. The lowest BCUT2D eigenvalue weighted by Crippen LogP contribution is -2.30. The quantitative estimate of drug-likeness (QED) is 0.408. The lowest BCUT2D eigenvalue weighted by molar-refractivity contribution is -0.386. The molecule has 0 fully saturated rings. The Balaban J connectivity index is 2.12. The molecule has 0 aromatic heterocycles. The monoisotopic (exact) mass is 478 g/mol. The minimum Gasteiger partial charge on any atom is -0.477 e. The number of rotatable bonds is 10. The number of nitro benzene ring substituents is 1. The highest BCUT2D eigenvalue weighted by Crippen LogP contribution is 2.31. The average molecular weight is 479 g/mol. The van der Waals surface area contributed by atoms with Crippen molar-refractivity contribution in [3.8, 4) is 5.75 Å². The summed E-state index contributed by atoms with van der Waals surface area (Å²) in [5, 5.41) is 14.0. The van der Waals surface area contributed by atoms with Crippen LogP contribution in [0.25, 0.3) is 0 Å². The zero-order valence-electron chi connectivity index (χ0n) is 18.8. The fraction of sp³-hybridized carbons (Fsp3) is 0.333. The molecule has 0 atom stereocenters.